The molecule has 1 aliphatic rings. The molecule has 7 nitrogen and oxygen atoms in total. The monoisotopic (exact) mass is 632 g/mol. The summed E-state index contributed by atoms with van der Waals surface area (Å²) in [7, 11) is 0. The third-order valence-corrected chi connectivity index (χ3v) is 7.77. The topological polar surface area (TPSA) is 82.3 Å². The first-order chi connectivity index (χ1) is 20.0. The Hall–Kier alpha value is -3.95. The summed E-state index contributed by atoms with van der Waals surface area (Å²) in [5, 5.41) is 12.6. The number of esters is 1. The number of para-hydroxylation sites is 1. The maximum atomic E-state index is 12.9. The second-order valence-corrected chi connectivity index (χ2v) is 10.9. The summed E-state index contributed by atoms with van der Waals surface area (Å²) in [6.45, 7) is 5.52. The van der Waals surface area contributed by atoms with Gasteiger partial charge in [-0.2, -0.15) is 0 Å². The molecule has 0 saturated carbocycles. The molecule has 1 aromatic heterocycles. The van der Waals surface area contributed by atoms with Crippen molar-refractivity contribution >= 4 is 61.4 Å². The van der Waals surface area contributed by atoms with Crippen LogP contribution in [-0.4, -0.2) is 40.5 Å². The van der Waals surface area contributed by atoms with E-state index < -0.39 is 5.97 Å². The Balaban J connectivity index is 1.48. The smallest absolute Gasteiger partial charge is 0.344 e. The molecule has 2 heterocycles. The molecule has 0 aliphatic carbocycles. The maximum absolute atomic E-state index is 12.9. The van der Waals surface area contributed by atoms with Gasteiger partial charge in [-0.3, -0.25) is 0 Å². The molecule has 0 unspecified atom stereocenters. The van der Waals surface area contributed by atoms with Gasteiger partial charge in [-0.05, 0) is 74.5 Å². The van der Waals surface area contributed by atoms with Crippen molar-refractivity contribution in [2.45, 2.75) is 20.4 Å². The van der Waals surface area contributed by atoms with Gasteiger partial charge < -0.3 is 23.9 Å². The van der Waals surface area contributed by atoms with Crippen molar-refractivity contribution < 1.29 is 24.1 Å². The van der Waals surface area contributed by atoms with Crippen molar-refractivity contribution in [2.24, 2.45) is 4.99 Å². The van der Waals surface area contributed by atoms with E-state index >= 15 is 0 Å². The van der Waals surface area contributed by atoms with Crippen LogP contribution in [0.2, 0.25) is 0 Å². The van der Waals surface area contributed by atoms with Gasteiger partial charge in [-0.1, -0.05) is 45.9 Å². The lowest BCUT2D eigenvalue weighted by molar-refractivity contribution is -0.138. The number of ether oxygens (including phenoxy) is 3. The van der Waals surface area contributed by atoms with Crippen LogP contribution < -0.4 is 9.47 Å². The van der Waals surface area contributed by atoms with Crippen LogP contribution in [0.4, 0.5) is 5.69 Å². The first-order valence-electron chi connectivity index (χ1n) is 13.2. The number of carbonyl (C=O) groups excluding carboxylic acids is 1. The fourth-order valence-electron chi connectivity index (χ4n) is 4.41. The molecular formula is C32H29BrN2O5S. The number of halogens is 1. The molecule has 3 aromatic carbocycles. The number of carbonyl (C=O) groups is 1. The number of aliphatic imine (C=N–C) groups is 1. The molecule has 0 amide bonds. The van der Waals surface area contributed by atoms with Crippen molar-refractivity contribution in [3.8, 4) is 11.5 Å². The van der Waals surface area contributed by atoms with E-state index in [1.165, 1.54) is 11.8 Å². The molecule has 210 valence electrons. The van der Waals surface area contributed by atoms with E-state index in [1.54, 1.807) is 6.92 Å². The molecule has 0 fully saturated rings. The molecule has 41 heavy (non-hydrogen) atoms. The van der Waals surface area contributed by atoms with Gasteiger partial charge in [0.05, 0.1) is 30.4 Å². The van der Waals surface area contributed by atoms with E-state index in [4.69, 9.17) is 14.2 Å². The maximum Gasteiger partial charge on any atom is 0.344 e. The number of hydrogen-bond donors (Lipinski definition) is 1. The third-order valence-electron chi connectivity index (χ3n) is 6.25. The predicted octanol–water partition coefficient (Wildman–Crippen LogP) is 8.07. The van der Waals surface area contributed by atoms with Gasteiger partial charge in [0.15, 0.2) is 0 Å². The number of aromatic nitrogens is 1. The van der Waals surface area contributed by atoms with Gasteiger partial charge in [-0.25, -0.2) is 9.79 Å². The van der Waals surface area contributed by atoms with Crippen LogP contribution >= 0.6 is 27.7 Å². The van der Waals surface area contributed by atoms with Gasteiger partial charge >= 0.3 is 5.97 Å². The fourth-order valence-corrected chi connectivity index (χ4v) is 5.80. The van der Waals surface area contributed by atoms with Gasteiger partial charge in [-0.15, -0.1) is 0 Å². The average Bonchev–Trinajstić information content (AvgIpc) is 3.46. The molecule has 0 spiro atoms. The number of thioether (sulfide) groups is 1. The molecule has 1 N–H and O–H groups in total. The van der Waals surface area contributed by atoms with Crippen LogP contribution in [0.1, 0.15) is 19.4 Å². The Morgan fingerprint density at radius 1 is 1.00 bits per heavy atom. The van der Waals surface area contributed by atoms with Crippen molar-refractivity contribution in [2.75, 3.05) is 19.8 Å². The van der Waals surface area contributed by atoms with Gasteiger partial charge in [0.25, 0.3) is 0 Å². The van der Waals surface area contributed by atoms with Crippen LogP contribution in [0.5, 0.6) is 11.5 Å². The quantitative estimate of drug-likeness (QED) is 0.178. The van der Waals surface area contributed by atoms with Gasteiger partial charge in [0, 0.05) is 27.1 Å². The number of fused-ring (bicyclic) bond motifs is 1. The lowest BCUT2D eigenvalue weighted by atomic mass is 10.1. The van der Waals surface area contributed by atoms with E-state index in [-0.39, 0.29) is 17.9 Å². The molecule has 5 rings (SSSR count). The Kier molecular flexibility index (Phi) is 9.16. The van der Waals surface area contributed by atoms with Crippen molar-refractivity contribution in [1.82, 2.24) is 4.57 Å². The van der Waals surface area contributed by atoms with Crippen LogP contribution in [0.3, 0.4) is 0 Å². The summed E-state index contributed by atoms with van der Waals surface area (Å²) in [5.74, 6) is 0.782. The van der Waals surface area contributed by atoms with Crippen molar-refractivity contribution in [3.63, 3.8) is 0 Å². The Bertz CT molecular complexity index is 1640. The van der Waals surface area contributed by atoms with Crippen LogP contribution in [0.15, 0.2) is 105 Å². The molecule has 0 radical (unpaired) electrons. The summed E-state index contributed by atoms with van der Waals surface area (Å²) in [5.41, 5.74) is 2.60. The SMILES string of the molecule is CCOC(=O)C1=C(O)/C(=C/c2cn(CCOc3ccccc3)c3ccc(Br)cc23)SC1=Nc1ccc(OCC)cc1. The van der Waals surface area contributed by atoms with Gasteiger partial charge in [0.2, 0.25) is 0 Å². The molecule has 0 bridgehead atoms. The summed E-state index contributed by atoms with van der Waals surface area (Å²) >= 11 is 4.81. The van der Waals surface area contributed by atoms with Crippen molar-refractivity contribution in [3.05, 3.63) is 105 Å². The minimum atomic E-state index is -0.617. The summed E-state index contributed by atoms with van der Waals surface area (Å²) < 4.78 is 19.8. The standard InChI is InChI=1S/C32H29BrN2O5S/c1-3-38-25-13-11-23(12-14-25)34-31-29(32(37)39-4-2)30(36)28(41-31)18-21-20-35(27-15-10-22(33)19-26(21)27)16-17-40-24-8-6-5-7-9-24/h5-15,18-20,36H,3-4,16-17H2,1-2H3/b28-18-,34-31?. The lowest BCUT2D eigenvalue weighted by Gasteiger charge is -2.08. The molecule has 0 atom stereocenters. The first-order valence-corrected chi connectivity index (χ1v) is 14.9. The number of rotatable bonds is 10. The highest BCUT2D eigenvalue weighted by Crippen LogP contribution is 2.41. The van der Waals surface area contributed by atoms with Gasteiger partial charge in [0.1, 0.15) is 34.5 Å². The Morgan fingerprint density at radius 3 is 2.49 bits per heavy atom. The Morgan fingerprint density at radius 2 is 1.76 bits per heavy atom. The second kappa shape index (κ2) is 13.1. The van der Waals surface area contributed by atoms with Crippen LogP contribution in [0.25, 0.3) is 17.0 Å². The van der Waals surface area contributed by atoms with E-state index in [1.807, 2.05) is 92.0 Å². The van der Waals surface area contributed by atoms with Crippen LogP contribution in [-0.2, 0) is 16.1 Å². The average molecular weight is 634 g/mol. The van der Waals surface area contributed by atoms with E-state index in [0.29, 0.717) is 35.4 Å². The number of hydrogen-bond acceptors (Lipinski definition) is 7. The summed E-state index contributed by atoms with van der Waals surface area (Å²) in [6, 6.07) is 23.0. The largest absolute Gasteiger partial charge is 0.506 e. The molecule has 9 heteroatoms. The van der Waals surface area contributed by atoms with E-state index in [0.717, 1.165) is 32.4 Å². The molecule has 1 aliphatic heterocycles. The zero-order valence-electron chi connectivity index (χ0n) is 22.7. The zero-order chi connectivity index (χ0) is 28.8. The highest BCUT2D eigenvalue weighted by Gasteiger charge is 2.33. The normalized spacial score (nSPS) is 15.2. The predicted molar refractivity (Wildman–Crippen MR) is 168 cm³/mol. The van der Waals surface area contributed by atoms with Crippen molar-refractivity contribution in [1.29, 1.82) is 0 Å². The third kappa shape index (κ3) is 6.69. The number of nitrogens with zero attached hydrogens (tertiary/aromatic N) is 2. The fraction of sp³-hybridized carbons (Fsp3) is 0.188. The highest BCUT2D eigenvalue weighted by atomic mass is 79.9. The van der Waals surface area contributed by atoms with E-state index in [2.05, 4.69) is 25.5 Å². The highest BCUT2D eigenvalue weighted by molar-refractivity contribution is 9.10. The number of aliphatic hydroxyl groups excluding tert-OH is 1. The number of aliphatic hydroxyl groups is 1. The zero-order valence-corrected chi connectivity index (χ0v) is 25.1. The minimum Gasteiger partial charge on any atom is -0.506 e. The first kappa shape index (κ1) is 28.6. The summed E-state index contributed by atoms with van der Waals surface area (Å²) in [4.78, 5) is 18.1. The molecular weight excluding hydrogens is 604 g/mol. The second-order valence-electron chi connectivity index (χ2n) is 9.00. The van der Waals surface area contributed by atoms with Crippen LogP contribution in [0, 0.1) is 0 Å². The molecule has 0 saturated heterocycles. The lowest BCUT2D eigenvalue weighted by Crippen LogP contribution is -2.12. The number of benzene rings is 3. The Labute approximate surface area is 251 Å². The minimum absolute atomic E-state index is 0.0539. The van der Waals surface area contributed by atoms with E-state index in [9.17, 15) is 9.90 Å². The molecule has 4 aromatic rings. The summed E-state index contributed by atoms with van der Waals surface area (Å²) in [6.07, 6.45) is 3.90.